The van der Waals surface area contributed by atoms with E-state index in [4.69, 9.17) is 22.1 Å². The van der Waals surface area contributed by atoms with Gasteiger partial charge < -0.3 is 10.5 Å². The van der Waals surface area contributed by atoms with Gasteiger partial charge in [0.05, 0.1) is 17.2 Å². The first kappa shape index (κ1) is 14.3. The minimum atomic E-state index is -0.429. The van der Waals surface area contributed by atoms with Crippen molar-refractivity contribution in [1.82, 2.24) is 0 Å². The molecule has 1 atom stereocenters. The summed E-state index contributed by atoms with van der Waals surface area (Å²) in [5.41, 5.74) is 7.73. The zero-order valence-corrected chi connectivity index (χ0v) is 12.8. The van der Waals surface area contributed by atoms with E-state index in [0.29, 0.717) is 22.9 Å². The van der Waals surface area contributed by atoms with Crippen LogP contribution >= 0.6 is 23.4 Å². The molecule has 0 aromatic heterocycles. The lowest BCUT2D eigenvalue weighted by atomic mass is 10.0. The number of thioether (sulfide) groups is 1. The van der Waals surface area contributed by atoms with Gasteiger partial charge in [-0.3, -0.25) is 0 Å². The molecule has 3 nitrogen and oxygen atoms in total. The van der Waals surface area contributed by atoms with E-state index >= 15 is 0 Å². The van der Waals surface area contributed by atoms with Crippen LogP contribution in [0.15, 0.2) is 47.4 Å². The number of nitrogen functional groups attached to an aromatic ring is 1. The van der Waals surface area contributed by atoms with Crippen molar-refractivity contribution >= 4 is 35.0 Å². The van der Waals surface area contributed by atoms with E-state index in [9.17, 15) is 4.79 Å². The Kier molecular flexibility index (Phi) is 4.08. The van der Waals surface area contributed by atoms with Gasteiger partial charge in [-0.15, -0.1) is 11.8 Å². The van der Waals surface area contributed by atoms with E-state index in [1.165, 1.54) is 10.5 Å². The zero-order chi connectivity index (χ0) is 14.8. The van der Waals surface area contributed by atoms with Crippen LogP contribution in [-0.4, -0.2) is 18.3 Å². The number of rotatable bonds is 3. The molecule has 1 unspecified atom stereocenters. The normalized spacial score (nSPS) is 16.5. The Bertz CT molecular complexity index is 690. The molecule has 2 N–H and O–H groups in total. The van der Waals surface area contributed by atoms with Gasteiger partial charge in [0.1, 0.15) is 0 Å². The van der Waals surface area contributed by atoms with Crippen LogP contribution < -0.4 is 5.73 Å². The highest BCUT2D eigenvalue weighted by Gasteiger charge is 2.24. The Hall–Kier alpha value is -1.65. The summed E-state index contributed by atoms with van der Waals surface area (Å²) in [6.07, 6.45) is 0. The molecule has 1 heterocycles. The largest absolute Gasteiger partial charge is 0.461 e. The molecule has 0 bridgehead atoms. The van der Waals surface area contributed by atoms with Crippen molar-refractivity contribution in [2.24, 2.45) is 0 Å². The average molecular weight is 320 g/mol. The first-order chi connectivity index (χ1) is 10.1. The number of halogens is 1. The van der Waals surface area contributed by atoms with Crippen molar-refractivity contribution in [3.05, 3.63) is 58.6 Å². The Morgan fingerprint density at radius 2 is 2.14 bits per heavy atom. The second kappa shape index (κ2) is 6.00. The maximum atomic E-state index is 12.1. The fourth-order valence-electron chi connectivity index (χ4n) is 2.32. The third kappa shape index (κ3) is 3.01. The van der Waals surface area contributed by atoms with E-state index in [-0.39, 0.29) is 5.92 Å². The molecular weight excluding hydrogens is 306 g/mol. The summed E-state index contributed by atoms with van der Waals surface area (Å²) in [7, 11) is 0. The lowest BCUT2D eigenvalue weighted by Gasteiger charge is -2.12. The number of nitrogens with two attached hydrogens (primary N) is 1. The summed E-state index contributed by atoms with van der Waals surface area (Å²) >= 11 is 7.80. The van der Waals surface area contributed by atoms with Crippen LogP contribution in [0, 0.1) is 0 Å². The van der Waals surface area contributed by atoms with E-state index in [0.717, 1.165) is 5.75 Å². The minimum Gasteiger partial charge on any atom is -0.461 e. The highest BCUT2D eigenvalue weighted by atomic mass is 35.5. The van der Waals surface area contributed by atoms with Crippen molar-refractivity contribution in [2.45, 2.75) is 10.8 Å². The first-order valence-electron chi connectivity index (χ1n) is 6.59. The maximum absolute atomic E-state index is 12.1. The summed E-state index contributed by atoms with van der Waals surface area (Å²) in [4.78, 5) is 13.4. The van der Waals surface area contributed by atoms with Gasteiger partial charge >= 0.3 is 5.97 Å². The van der Waals surface area contributed by atoms with Crippen LogP contribution in [0.25, 0.3) is 0 Å². The number of carbonyl (C=O) groups excluding carboxylic acids is 1. The monoisotopic (exact) mass is 319 g/mol. The Morgan fingerprint density at radius 3 is 3.00 bits per heavy atom. The number of anilines is 1. The fourth-order valence-corrected chi connectivity index (χ4v) is 3.75. The number of esters is 1. The second-order valence-electron chi connectivity index (χ2n) is 4.88. The van der Waals surface area contributed by atoms with Gasteiger partial charge in [0.15, 0.2) is 0 Å². The average Bonchev–Trinajstić information content (AvgIpc) is 2.90. The van der Waals surface area contributed by atoms with Gasteiger partial charge in [-0.25, -0.2) is 4.79 Å². The molecule has 108 valence electrons. The van der Waals surface area contributed by atoms with Gasteiger partial charge in [-0.1, -0.05) is 29.8 Å². The van der Waals surface area contributed by atoms with Crippen LogP contribution in [0.3, 0.4) is 0 Å². The van der Waals surface area contributed by atoms with Gasteiger partial charge in [0.25, 0.3) is 0 Å². The van der Waals surface area contributed by atoms with E-state index in [1.54, 1.807) is 30.0 Å². The molecule has 0 saturated heterocycles. The molecule has 0 amide bonds. The van der Waals surface area contributed by atoms with Gasteiger partial charge in [-0.05, 0) is 29.8 Å². The topological polar surface area (TPSA) is 52.3 Å². The van der Waals surface area contributed by atoms with Crippen molar-refractivity contribution in [1.29, 1.82) is 0 Å². The lowest BCUT2D eigenvalue weighted by Crippen LogP contribution is -2.13. The Morgan fingerprint density at radius 1 is 1.33 bits per heavy atom. The van der Waals surface area contributed by atoms with Crippen LogP contribution in [0.4, 0.5) is 5.69 Å². The number of fused-ring (bicyclic) bond motifs is 1. The predicted octanol–water partition coefficient (Wildman–Crippen LogP) is 3.97. The van der Waals surface area contributed by atoms with Crippen LogP contribution in [0.1, 0.15) is 21.8 Å². The van der Waals surface area contributed by atoms with Gasteiger partial charge in [0.2, 0.25) is 0 Å². The standard InChI is InChI=1S/C16H14ClNO2S/c17-14-6-5-11(18)7-13(14)16(19)20-8-10-9-21-15-4-2-1-3-12(10)15/h1-7,10H,8-9,18H2. The summed E-state index contributed by atoms with van der Waals surface area (Å²) in [6, 6.07) is 13.0. The number of hydrogen-bond donors (Lipinski definition) is 1. The molecule has 5 heteroatoms. The molecular formula is C16H14ClNO2S. The van der Waals surface area contributed by atoms with E-state index < -0.39 is 5.97 Å². The van der Waals surface area contributed by atoms with Crippen molar-refractivity contribution in [2.75, 3.05) is 18.1 Å². The lowest BCUT2D eigenvalue weighted by molar-refractivity contribution is 0.0487. The van der Waals surface area contributed by atoms with Gasteiger partial charge in [-0.2, -0.15) is 0 Å². The molecule has 0 radical (unpaired) electrons. The van der Waals surface area contributed by atoms with E-state index in [2.05, 4.69) is 12.1 Å². The molecule has 0 saturated carbocycles. The number of carbonyl (C=O) groups is 1. The molecule has 0 spiro atoms. The molecule has 21 heavy (non-hydrogen) atoms. The predicted molar refractivity (Wildman–Crippen MR) is 86.1 cm³/mol. The Balaban J connectivity index is 1.69. The third-order valence-electron chi connectivity index (χ3n) is 3.42. The van der Waals surface area contributed by atoms with Gasteiger partial charge in [0, 0.05) is 22.3 Å². The van der Waals surface area contributed by atoms with Crippen LogP contribution in [0.2, 0.25) is 5.02 Å². The SMILES string of the molecule is Nc1ccc(Cl)c(C(=O)OCC2CSc3ccccc32)c1. The maximum Gasteiger partial charge on any atom is 0.339 e. The quantitative estimate of drug-likeness (QED) is 0.687. The summed E-state index contributed by atoms with van der Waals surface area (Å²) in [6.45, 7) is 0.355. The van der Waals surface area contributed by atoms with Crippen LogP contribution in [-0.2, 0) is 4.74 Å². The smallest absolute Gasteiger partial charge is 0.339 e. The first-order valence-corrected chi connectivity index (χ1v) is 7.95. The summed E-state index contributed by atoms with van der Waals surface area (Å²) in [5.74, 6) is 0.730. The molecule has 2 aromatic carbocycles. The van der Waals surface area contributed by atoms with Crippen LogP contribution in [0.5, 0.6) is 0 Å². The van der Waals surface area contributed by atoms with Crippen molar-refractivity contribution < 1.29 is 9.53 Å². The summed E-state index contributed by atoms with van der Waals surface area (Å²) in [5, 5.41) is 0.357. The molecule has 1 aliphatic rings. The highest BCUT2D eigenvalue weighted by molar-refractivity contribution is 7.99. The zero-order valence-electron chi connectivity index (χ0n) is 11.2. The summed E-state index contributed by atoms with van der Waals surface area (Å²) < 4.78 is 5.41. The minimum absolute atomic E-state index is 0.231. The molecule has 2 aromatic rings. The van der Waals surface area contributed by atoms with Crippen molar-refractivity contribution in [3.8, 4) is 0 Å². The molecule has 1 aliphatic heterocycles. The van der Waals surface area contributed by atoms with Crippen molar-refractivity contribution in [3.63, 3.8) is 0 Å². The second-order valence-corrected chi connectivity index (χ2v) is 6.35. The number of hydrogen-bond acceptors (Lipinski definition) is 4. The third-order valence-corrected chi connectivity index (χ3v) is 5.01. The van der Waals surface area contributed by atoms with E-state index in [1.807, 2.05) is 12.1 Å². The highest BCUT2D eigenvalue weighted by Crippen LogP contribution is 2.39. The number of benzene rings is 2. The number of ether oxygens (including phenoxy) is 1. The molecule has 0 aliphatic carbocycles. The Labute approximate surface area is 132 Å². The molecule has 3 rings (SSSR count). The fraction of sp³-hybridized carbons (Fsp3) is 0.188. The molecule has 0 fully saturated rings.